The number of rotatable bonds is 0. The van der Waals surface area contributed by atoms with Crippen molar-refractivity contribution >= 4 is 28.2 Å². The molecule has 1 nitrogen and oxygen atoms in total. The predicted molar refractivity (Wildman–Crippen MR) is 43.6 cm³/mol. The molecule has 3 heteroatoms. The van der Waals surface area contributed by atoms with Gasteiger partial charge in [0, 0.05) is 9.77 Å². The van der Waals surface area contributed by atoms with Crippen LogP contribution in [0.5, 0.6) is 0 Å². The molecule has 0 fully saturated rings. The van der Waals surface area contributed by atoms with Gasteiger partial charge in [0.2, 0.25) is 5.12 Å². The van der Waals surface area contributed by atoms with Crippen molar-refractivity contribution < 1.29 is 4.79 Å². The van der Waals surface area contributed by atoms with Crippen LogP contribution in [0, 0.1) is 0 Å². The first-order valence-electron chi connectivity index (χ1n) is 3.08. The summed E-state index contributed by atoms with van der Waals surface area (Å²) < 4.78 is 0. The zero-order valence-electron chi connectivity index (χ0n) is 5.46. The molecule has 1 unspecified atom stereocenters. The molecule has 0 aliphatic carbocycles. The van der Waals surface area contributed by atoms with E-state index in [0.717, 1.165) is 0 Å². The van der Waals surface area contributed by atoms with Gasteiger partial charge in [-0.3, -0.25) is 4.79 Å². The van der Waals surface area contributed by atoms with Gasteiger partial charge in [0.1, 0.15) is 0 Å². The maximum Gasteiger partial charge on any atom is 0.201 e. The molecule has 0 bridgehead atoms. The standard InChI is InChI=1S/C7H6OS2/c1-4-6-5(2-3-9-6)10-7(4)8/h2-4H,1H3. The molecule has 1 aromatic rings. The van der Waals surface area contributed by atoms with Gasteiger partial charge in [-0.25, -0.2) is 0 Å². The third-order valence-corrected chi connectivity index (χ3v) is 3.97. The lowest BCUT2D eigenvalue weighted by Gasteiger charge is -1.93. The van der Waals surface area contributed by atoms with Crippen LogP contribution >= 0.6 is 23.1 Å². The molecule has 0 radical (unpaired) electrons. The van der Waals surface area contributed by atoms with Gasteiger partial charge in [0.05, 0.1) is 5.92 Å². The molecule has 2 heterocycles. The van der Waals surface area contributed by atoms with E-state index in [9.17, 15) is 4.79 Å². The van der Waals surface area contributed by atoms with Crippen LogP contribution in [0.15, 0.2) is 16.3 Å². The summed E-state index contributed by atoms with van der Waals surface area (Å²) in [6.07, 6.45) is 0. The molecule has 0 saturated heterocycles. The SMILES string of the molecule is CC1C(=O)Sc2ccsc21. The van der Waals surface area contributed by atoms with Gasteiger partial charge in [0.25, 0.3) is 0 Å². The van der Waals surface area contributed by atoms with E-state index in [4.69, 9.17) is 0 Å². The fourth-order valence-electron chi connectivity index (χ4n) is 1.01. The number of thioether (sulfide) groups is 1. The third-order valence-electron chi connectivity index (χ3n) is 1.61. The normalized spacial score (nSPS) is 23.3. The van der Waals surface area contributed by atoms with E-state index >= 15 is 0 Å². The number of carbonyl (C=O) groups is 1. The van der Waals surface area contributed by atoms with E-state index < -0.39 is 0 Å². The first-order chi connectivity index (χ1) is 4.79. The van der Waals surface area contributed by atoms with Gasteiger partial charge >= 0.3 is 0 Å². The molecule has 1 atom stereocenters. The lowest BCUT2D eigenvalue weighted by atomic mass is 10.2. The highest BCUT2D eigenvalue weighted by Crippen LogP contribution is 2.43. The molecule has 1 aliphatic heterocycles. The summed E-state index contributed by atoms with van der Waals surface area (Å²) in [6.45, 7) is 1.97. The zero-order valence-corrected chi connectivity index (χ0v) is 7.09. The zero-order chi connectivity index (χ0) is 7.14. The summed E-state index contributed by atoms with van der Waals surface area (Å²) in [5, 5.41) is 2.34. The van der Waals surface area contributed by atoms with Gasteiger partial charge in [-0.1, -0.05) is 11.8 Å². The third kappa shape index (κ3) is 0.739. The lowest BCUT2D eigenvalue weighted by molar-refractivity contribution is -0.111. The minimum absolute atomic E-state index is 0.139. The number of fused-ring (bicyclic) bond motifs is 1. The second-order valence-electron chi connectivity index (χ2n) is 2.29. The Morgan fingerprint density at radius 3 is 3.10 bits per heavy atom. The van der Waals surface area contributed by atoms with Crippen molar-refractivity contribution in [3.05, 3.63) is 16.3 Å². The van der Waals surface area contributed by atoms with Crippen molar-refractivity contribution in [2.75, 3.05) is 0 Å². The van der Waals surface area contributed by atoms with Crippen LogP contribution in [0.3, 0.4) is 0 Å². The molecule has 0 spiro atoms. The van der Waals surface area contributed by atoms with Crippen molar-refractivity contribution in [3.63, 3.8) is 0 Å². The monoisotopic (exact) mass is 170 g/mol. The number of carbonyl (C=O) groups excluding carboxylic acids is 1. The second kappa shape index (κ2) is 2.10. The van der Waals surface area contributed by atoms with Gasteiger partial charge < -0.3 is 0 Å². The van der Waals surface area contributed by atoms with Crippen molar-refractivity contribution in [1.82, 2.24) is 0 Å². The number of hydrogen-bond donors (Lipinski definition) is 0. The highest BCUT2D eigenvalue weighted by molar-refractivity contribution is 8.14. The highest BCUT2D eigenvalue weighted by Gasteiger charge is 2.28. The Labute approximate surface area is 67.4 Å². The quantitative estimate of drug-likeness (QED) is 0.595. The minimum atomic E-state index is 0.139. The van der Waals surface area contributed by atoms with E-state index in [0.29, 0.717) is 5.12 Å². The summed E-state index contributed by atoms with van der Waals surface area (Å²) in [6, 6.07) is 2.02. The molecule has 0 N–H and O–H groups in total. The van der Waals surface area contributed by atoms with Crippen LogP contribution in [0.4, 0.5) is 0 Å². The van der Waals surface area contributed by atoms with Crippen molar-refractivity contribution in [2.24, 2.45) is 0 Å². The van der Waals surface area contributed by atoms with Gasteiger partial charge in [0.15, 0.2) is 0 Å². The van der Waals surface area contributed by atoms with E-state index in [1.807, 2.05) is 18.4 Å². The molecule has 52 valence electrons. The summed E-state index contributed by atoms with van der Waals surface area (Å²) in [5.74, 6) is 0.139. The molecular formula is C7H6OS2. The summed E-state index contributed by atoms with van der Waals surface area (Å²) >= 11 is 3.06. The minimum Gasteiger partial charge on any atom is -0.286 e. The smallest absolute Gasteiger partial charge is 0.201 e. The Morgan fingerprint density at radius 2 is 2.40 bits per heavy atom. The van der Waals surface area contributed by atoms with Crippen LogP contribution in [0.1, 0.15) is 17.7 Å². The Kier molecular flexibility index (Phi) is 1.35. The number of hydrogen-bond acceptors (Lipinski definition) is 3. The molecule has 1 aliphatic rings. The van der Waals surface area contributed by atoms with Gasteiger partial charge in [-0.05, 0) is 18.4 Å². The molecule has 10 heavy (non-hydrogen) atoms. The topological polar surface area (TPSA) is 17.1 Å². The summed E-state index contributed by atoms with van der Waals surface area (Å²) in [5.41, 5.74) is 0. The van der Waals surface area contributed by atoms with Crippen LogP contribution in [-0.4, -0.2) is 5.12 Å². The second-order valence-corrected chi connectivity index (χ2v) is 4.29. The van der Waals surface area contributed by atoms with E-state index in [1.54, 1.807) is 11.3 Å². The first-order valence-corrected chi connectivity index (χ1v) is 4.78. The maximum atomic E-state index is 11.1. The average Bonchev–Trinajstić information content (AvgIpc) is 2.41. The molecule has 0 saturated carbocycles. The lowest BCUT2D eigenvalue weighted by Crippen LogP contribution is -1.94. The molecular weight excluding hydrogens is 164 g/mol. The average molecular weight is 170 g/mol. The fraction of sp³-hybridized carbons (Fsp3) is 0.286. The summed E-state index contributed by atoms with van der Waals surface area (Å²) in [7, 11) is 0. The first kappa shape index (κ1) is 6.43. The van der Waals surface area contributed by atoms with Crippen molar-refractivity contribution in [2.45, 2.75) is 17.7 Å². The van der Waals surface area contributed by atoms with Crippen LogP contribution in [0.25, 0.3) is 0 Å². The Morgan fingerprint density at radius 1 is 1.60 bits per heavy atom. The van der Waals surface area contributed by atoms with E-state index in [-0.39, 0.29) is 5.92 Å². The largest absolute Gasteiger partial charge is 0.286 e. The fourth-order valence-corrected chi connectivity index (χ4v) is 3.21. The predicted octanol–water partition coefficient (Wildman–Crippen LogP) is 2.48. The van der Waals surface area contributed by atoms with E-state index in [2.05, 4.69) is 0 Å². The van der Waals surface area contributed by atoms with Gasteiger partial charge in [-0.15, -0.1) is 11.3 Å². The Balaban J connectivity index is 2.52. The molecule has 1 aromatic heterocycles. The molecule has 0 aromatic carbocycles. The number of thiophene rings is 1. The Hall–Kier alpha value is -0.280. The van der Waals surface area contributed by atoms with E-state index in [1.165, 1.54) is 21.5 Å². The van der Waals surface area contributed by atoms with Crippen LogP contribution in [0.2, 0.25) is 0 Å². The van der Waals surface area contributed by atoms with Crippen LogP contribution in [-0.2, 0) is 4.79 Å². The van der Waals surface area contributed by atoms with Gasteiger partial charge in [-0.2, -0.15) is 0 Å². The molecule has 2 rings (SSSR count). The summed E-state index contributed by atoms with van der Waals surface area (Å²) in [4.78, 5) is 13.5. The Bertz CT molecular complexity index is 277. The van der Waals surface area contributed by atoms with Crippen molar-refractivity contribution in [3.8, 4) is 0 Å². The maximum absolute atomic E-state index is 11.1. The van der Waals surface area contributed by atoms with Crippen LogP contribution < -0.4 is 0 Å². The van der Waals surface area contributed by atoms with Crippen molar-refractivity contribution in [1.29, 1.82) is 0 Å². The molecule has 0 amide bonds. The highest BCUT2D eigenvalue weighted by atomic mass is 32.2.